The number of likely N-dealkylation sites (N-methyl/N-ethyl adjacent to an activating group) is 1. The van der Waals surface area contributed by atoms with Crippen LogP contribution in [0.3, 0.4) is 0 Å². The van der Waals surface area contributed by atoms with Crippen molar-refractivity contribution in [3.8, 4) is 5.75 Å². The van der Waals surface area contributed by atoms with Crippen LogP contribution in [0.2, 0.25) is 0 Å². The number of anilines is 1. The van der Waals surface area contributed by atoms with Gasteiger partial charge in [0.25, 0.3) is 5.91 Å². The first kappa shape index (κ1) is 24.6. The van der Waals surface area contributed by atoms with E-state index in [1.165, 1.54) is 31.1 Å². The fourth-order valence-electron chi connectivity index (χ4n) is 4.06. The van der Waals surface area contributed by atoms with E-state index >= 15 is 0 Å². The Labute approximate surface area is 190 Å². The Bertz CT molecular complexity index is 1010. The van der Waals surface area contributed by atoms with Gasteiger partial charge >= 0.3 is 12.1 Å². The van der Waals surface area contributed by atoms with Crippen molar-refractivity contribution in [2.24, 2.45) is 0 Å². The average molecular weight is 464 g/mol. The summed E-state index contributed by atoms with van der Waals surface area (Å²) in [6, 6.07) is 10.5. The Hall–Kier alpha value is -3.07. The van der Waals surface area contributed by atoms with E-state index < -0.39 is 35.6 Å². The van der Waals surface area contributed by atoms with Crippen LogP contribution in [0, 0.1) is 0 Å². The Balaban J connectivity index is 2.20. The molecule has 0 saturated heterocycles. The predicted octanol–water partition coefficient (Wildman–Crippen LogP) is 3.88. The van der Waals surface area contributed by atoms with Gasteiger partial charge in [-0.25, -0.2) is 0 Å². The van der Waals surface area contributed by atoms with Crippen molar-refractivity contribution in [1.82, 2.24) is 4.90 Å². The Morgan fingerprint density at radius 1 is 1.15 bits per heavy atom. The van der Waals surface area contributed by atoms with E-state index in [-0.39, 0.29) is 24.2 Å². The quantitative estimate of drug-likeness (QED) is 0.608. The topological polar surface area (TPSA) is 59.1 Å². The van der Waals surface area contributed by atoms with Crippen molar-refractivity contribution >= 4 is 17.6 Å². The molecule has 2 aromatic carbocycles. The summed E-state index contributed by atoms with van der Waals surface area (Å²) in [6.07, 6.45) is -6.00. The second kappa shape index (κ2) is 9.82. The van der Waals surface area contributed by atoms with Crippen LogP contribution in [0.5, 0.6) is 5.75 Å². The van der Waals surface area contributed by atoms with Gasteiger partial charge in [0.05, 0.1) is 12.7 Å². The second-order valence-corrected chi connectivity index (χ2v) is 8.21. The number of benzene rings is 2. The van der Waals surface area contributed by atoms with Crippen LogP contribution in [0.1, 0.15) is 29.5 Å². The zero-order chi connectivity index (χ0) is 24.3. The lowest BCUT2D eigenvalue weighted by Crippen LogP contribution is -2.45. The first-order valence-corrected chi connectivity index (χ1v) is 10.5. The fraction of sp³-hybridized carbons (Fsp3) is 0.417. The van der Waals surface area contributed by atoms with Gasteiger partial charge in [-0.15, -0.1) is 0 Å². The Morgan fingerprint density at radius 3 is 2.36 bits per heavy atom. The van der Waals surface area contributed by atoms with Gasteiger partial charge in [-0.2, -0.15) is 13.2 Å². The first-order valence-electron chi connectivity index (χ1n) is 10.5. The van der Waals surface area contributed by atoms with Gasteiger partial charge in [-0.1, -0.05) is 18.2 Å². The number of nitrogens with zero attached hydrogens (tertiary/aromatic N) is 2. The van der Waals surface area contributed by atoms with E-state index in [9.17, 15) is 22.8 Å². The molecule has 178 valence electrons. The number of hydrogen-bond donors (Lipinski definition) is 0. The molecule has 2 atom stereocenters. The summed E-state index contributed by atoms with van der Waals surface area (Å²) in [7, 11) is 5.11. The molecular weight excluding hydrogens is 437 g/mol. The van der Waals surface area contributed by atoms with Crippen LogP contribution in [0.4, 0.5) is 18.9 Å². The number of carbonyl (C=O) groups is 2. The lowest BCUT2D eigenvalue weighted by atomic mass is 9.86. The molecular formula is C24H27F3N2O4. The van der Waals surface area contributed by atoms with E-state index in [0.29, 0.717) is 17.9 Å². The summed E-state index contributed by atoms with van der Waals surface area (Å²) in [5.41, 5.74) is -0.0326. The standard InChI is InChI=1S/C24H27F3N2O4/c1-15(30)33-22-18(16-8-10-17(32-4)11-9-16)14-19-20(24(25,26)27)6-5-7-21(19)29(23(22)31)13-12-28(2)3/h5-11,18,22H,12-14H2,1-4H3/t18-,22+/m1/s1. The molecule has 1 aliphatic rings. The highest BCUT2D eigenvalue weighted by atomic mass is 19.4. The lowest BCUT2D eigenvalue weighted by Gasteiger charge is -2.29. The van der Waals surface area contributed by atoms with Gasteiger partial charge in [0.1, 0.15) is 5.75 Å². The summed E-state index contributed by atoms with van der Waals surface area (Å²) in [4.78, 5) is 28.7. The number of hydrogen-bond acceptors (Lipinski definition) is 5. The largest absolute Gasteiger partial charge is 0.497 e. The molecule has 0 aliphatic carbocycles. The number of alkyl halides is 3. The fourth-order valence-corrected chi connectivity index (χ4v) is 4.06. The number of ether oxygens (including phenoxy) is 2. The summed E-state index contributed by atoms with van der Waals surface area (Å²) in [6.45, 7) is 1.75. The van der Waals surface area contributed by atoms with Gasteiger partial charge < -0.3 is 19.3 Å². The number of fused-ring (bicyclic) bond motifs is 1. The monoisotopic (exact) mass is 464 g/mol. The minimum Gasteiger partial charge on any atom is -0.497 e. The number of rotatable bonds is 6. The van der Waals surface area contributed by atoms with E-state index in [1.807, 2.05) is 4.90 Å². The zero-order valence-electron chi connectivity index (χ0n) is 19.0. The van der Waals surface area contributed by atoms with Crippen molar-refractivity contribution in [2.45, 2.75) is 31.5 Å². The molecule has 0 unspecified atom stereocenters. The van der Waals surface area contributed by atoms with E-state index in [2.05, 4.69) is 0 Å². The van der Waals surface area contributed by atoms with Crippen molar-refractivity contribution in [1.29, 1.82) is 0 Å². The third-order valence-corrected chi connectivity index (χ3v) is 5.65. The predicted molar refractivity (Wildman–Crippen MR) is 117 cm³/mol. The van der Waals surface area contributed by atoms with Crippen molar-refractivity contribution in [3.05, 3.63) is 59.2 Å². The molecule has 1 aliphatic heterocycles. The second-order valence-electron chi connectivity index (χ2n) is 8.21. The minimum absolute atomic E-state index is 0.00702. The van der Waals surface area contributed by atoms with Crippen LogP contribution in [-0.2, 0) is 26.9 Å². The SMILES string of the molecule is COc1ccc([C@H]2Cc3c(cccc3C(F)(F)F)N(CCN(C)C)C(=O)[C@H]2OC(C)=O)cc1. The number of esters is 1. The number of halogens is 3. The van der Waals surface area contributed by atoms with Crippen LogP contribution in [0.15, 0.2) is 42.5 Å². The maximum Gasteiger partial charge on any atom is 0.416 e. The molecule has 0 saturated carbocycles. The van der Waals surface area contributed by atoms with Crippen molar-refractivity contribution in [3.63, 3.8) is 0 Å². The number of methoxy groups -OCH3 is 1. The van der Waals surface area contributed by atoms with Gasteiger partial charge in [0.2, 0.25) is 0 Å². The van der Waals surface area contributed by atoms with Gasteiger partial charge in [0, 0.05) is 31.6 Å². The molecule has 0 spiro atoms. The zero-order valence-corrected chi connectivity index (χ0v) is 19.0. The van der Waals surface area contributed by atoms with Crippen molar-refractivity contribution in [2.75, 3.05) is 39.2 Å². The highest BCUT2D eigenvalue weighted by Crippen LogP contribution is 2.43. The Morgan fingerprint density at radius 2 is 1.82 bits per heavy atom. The lowest BCUT2D eigenvalue weighted by molar-refractivity contribution is -0.154. The summed E-state index contributed by atoms with van der Waals surface area (Å²) in [5.74, 6) is -1.47. The molecule has 33 heavy (non-hydrogen) atoms. The molecule has 3 rings (SSSR count). The van der Waals surface area contributed by atoms with Gasteiger partial charge in [-0.05, 0) is 55.9 Å². The van der Waals surface area contributed by atoms with E-state index in [1.54, 1.807) is 38.4 Å². The maximum absolute atomic E-state index is 14.0. The normalized spacial score (nSPS) is 18.7. The molecule has 0 aromatic heterocycles. The Kier molecular flexibility index (Phi) is 7.31. The molecule has 0 radical (unpaired) electrons. The van der Waals surface area contributed by atoms with Crippen molar-refractivity contribution < 1.29 is 32.2 Å². The molecule has 9 heteroatoms. The highest BCUT2D eigenvalue weighted by molar-refractivity contribution is 6.00. The third-order valence-electron chi connectivity index (χ3n) is 5.65. The molecule has 1 heterocycles. The number of amides is 1. The average Bonchev–Trinajstić information content (AvgIpc) is 2.86. The molecule has 6 nitrogen and oxygen atoms in total. The van der Waals surface area contributed by atoms with Crippen LogP contribution < -0.4 is 9.64 Å². The van der Waals surface area contributed by atoms with E-state index in [4.69, 9.17) is 9.47 Å². The van der Waals surface area contributed by atoms with Crippen LogP contribution in [-0.4, -0.2) is 57.2 Å². The molecule has 2 aromatic rings. The van der Waals surface area contributed by atoms with Gasteiger partial charge in [0.15, 0.2) is 6.10 Å². The summed E-state index contributed by atoms with van der Waals surface area (Å²) >= 11 is 0. The summed E-state index contributed by atoms with van der Waals surface area (Å²) in [5, 5.41) is 0. The minimum atomic E-state index is -4.60. The molecule has 0 fully saturated rings. The molecule has 1 amide bonds. The maximum atomic E-state index is 14.0. The molecule has 0 bridgehead atoms. The van der Waals surface area contributed by atoms with E-state index in [0.717, 1.165) is 6.07 Å². The third kappa shape index (κ3) is 5.47. The van der Waals surface area contributed by atoms with Crippen LogP contribution in [0.25, 0.3) is 0 Å². The first-order chi connectivity index (χ1) is 15.5. The summed E-state index contributed by atoms with van der Waals surface area (Å²) < 4.78 is 52.5. The smallest absolute Gasteiger partial charge is 0.416 e. The number of carbonyl (C=O) groups excluding carboxylic acids is 2. The molecule has 0 N–H and O–H groups in total. The highest BCUT2D eigenvalue weighted by Gasteiger charge is 2.43. The van der Waals surface area contributed by atoms with Crippen LogP contribution >= 0.6 is 0 Å². The van der Waals surface area contributed by atoms with Gasteiger partial charge in [-0.3, -0.25) is 9.59 Å².